The van der Waals surface area contributed by atoms with Crippen molar-refractivity contribution in [2.75, 3.05) is 18.7 Å². The Labute approximate surface area is 193 Å². The first kappa shape index (κ1) is 22.3. The third kappa shape index (κ3) is 4.98. The van der Waals surface area contributed by atoms with Gasteiger partial charge in [0.25, 0.3) is 0 Å². The Morgan fingerprint density at radius 3 is 2.58 bits per heavy atom. The van der Waals surface area contributed by atoms with Gasteiger partial charge in [0.15, 0.2) is 10.9 Å². The summed E-state index contributed by atoms with van der Waals surface area (Å²) >= 11 is 1.43. The number of hydrogen-bond acceptors (Lipinski definition) is 7. The van der Waals surface area contributed by atoms with Crippen molar-refractivity contribution in [2.24, 2.45) is 0 Å². The second-order valence-corrected chi connectivity index (χ2v) is 7.63. The van der Waals surface area contributed by atoms with Crippen molar-refractivity contribution in [3.05, 3.63) is 89.8 Å². The lowest BCUT2D eigenvalue weighted by Crippen LogP contribution is -2.06. The fourth-order valence-corrected chi connectivity index (χ4v) is 3.49. The molecule has 4 aromatic rings. The standard InChI is InChI=1S/C24H18F2N4O2S/c1-32-21-7-3-14(19-9-10-27-24(30-19)33-2)11-17(21)23(31)15-4-8-22(28-13-15)29-20-6-5-16(25)12-18(20)26/h3-13H,1-2H3,(H,28,29). The van der Waals surface area contributed by atoms with Crippen LogP contribution in [0.25, 0.3) is 11.3 Å². The molecule has 2 aromatic heterocycles. The monoisotopic (exact) mass is 464 g/mol. The van der Waals surface area contributed by atoms with Gasteiger partial charge in [-0.1, -0.05) is 11.8 Å². The zero-order valence-corrected chi connectivity index (χ0v) is 18.5. The summed E-state index contributed by atoms with van der Waals surface area (Å²) in [5.74, 6) is -0.982. The number of carbonyl (C=O) groups excluding carboxylic acids is 1. The highest BCUT2D eigenvalue weighted by Gasteiger charge is 2.17. The summed E-state index contributed by atoms with van der Waals surface area (Å²) in [7, 11) is 1.49. The molecule has 33 heavy (non-hydrogen) atoms. The van der Waals surface area contributed by atoms with E-state index in [-0.39, 0.29) is 11.5 Å². The van der Waals surface area contributed by atoms with Crippen LogP contribution < -0.4 is 10.1 Å². The van der Waals surface area contributed by atoms with E-state index in [2.05, 4.69) is 20.3 Å². The Hall–Kier alpha value is -3.85. The van der Waals surface area contributed by atoms with Crippen LogP contribution in [0.15, 0.2) is 72.1 Å². The molecule has 0 aliphatic heterocycles. The third-order valence-corrected chi connectivity index (χ3v) is 5.34. The maximum atomic E-state index is 13.9. The SMILES string of the molecule is COc1ccc(-c2ccnc(SC)n2)cc1C(=O)c1ccc(Nc2ccc(F)cc2F)nc1. The maximum absolute atomic E-state index is 13.9. The van der Waals surface area contributed by atoms with Crippen LogP contribution >= 0.6 is 11.8 Å². The lowest BCUT2D eigenvalue weighted by molar-refractivity contribution is 0.103. The van der Waals surface area contributed by atoms with E-state index in [9.17, 15) is 13.6 Å². The van der Waals surface area contributed by atoms with Crippen LogP contribution in [0.1, 0.15) is 15.9 Å². The number of thioether (sulfide) groups is 1. The summed E-state index contributed by atoms with van der Waals surface area (Å²) in [6.45, 7) is 0. The van der Waals surface area contributed by atoms with Gasteiger partial charge in [0.2, 0.25) is 0 Å². The average Bonchev–Trinajstić information content (AvgIpc) is 2.85. The van der Waals surface area contributed by atoms with Crippen molar-refractivity contribution in [3.8, 4) is 17.0 Å². The van der Waals surface area contributed by atoms with Gasteiger partial charge in [0.1, 0.15) is 23.2 Å². The van der Waals surface area contributed by atoms with E-state index in [1.54, 1.807) is 36.5 Å². The molecule has 2 heterocycles. The summed E-state index contributed by atoms with van der Waals surface area (Å²) in [5, 5.41) is 3.39. The second kappa shape index (κ2) is 9.74. The number of pyridine rings is 1. The van der Waals surface area contributed by atoms with Gasteiger partial charge in [-0.15, -0.1) is 0 Å². The van der Waals surface area contributed by atoms with Gasteiger partial charge in [-0.2, -0.15) is 0 Å². The number of nitrogens with one attached hydrogen (secondary N) is 1. The first-order valence-corrected chi connectivity index (χ1v) is 11.0. The second-order valence-electron chi connectivity index (χ2n) is 6.85. The van der Waals surface area contributed by atoms with Gasteiger partial charge in [-0.05, 0) is 54.8 Å². The Kier molecular flexibility index (Phi) is 6.60. The highest BCUT2D eigenvalue weighted by Crippen LogP contribution is 2.28. The third-order valence-electron chi connectivity index (χ3n) is 4.78. The minimum Gasteiger partial charge on any atom is -0.496 e. The lowest BCUT2D eigenvalue weighted by Gasteiger charge is -2.11. The van der Waals surface area contributed by atoms with E-state index in [4.69, 9.17) is 4.74 Å². The van der Waals surface area contributed by atoms with Crippen molar-refractivity contribution < 1.29 is 18.3 Å². The minimum atomic E-state index is -0.743. The number of halogens is 2. The number of rotatable bonds is 7. The van der Waals surface area contributed by atoms with E-state index in [1.807, 2.05) is 12.3 Å². The number of methoxy groups -OCH3 is 1. The van der Waals surface area contributed by atoms with E-state index in [0.29, 0.717) is 33.5 Å². The molecule has 0 unspecified atom stereocenters. The predicted molar refractivity (Wildman–Crippen MR) is 123 cm³/mol. The Balaban J connectivity index is 1.61. The number of aromatic nitrogens is 3. The van der Waals surface area contributed by atoms with Crippen LogP contribution in [-0.2, 0) is 0 Å². The molecule has 0 amide bonds. The van der Waals surface area contributed by atoms with Gasteiger partial charge in [0, 0.05) is 29.6 Å². The van der Waals surface area contributed by atoms with Gasteiger partial charge in [-0.3, -0.25) is 4.79 Å². The van der Waals surface area contributed by atoms with Crippen molar-refractivity contribution >= 4 is 29.1 Å². The van der Waals surface area contributed by atoms with Crippen LogP contribution in [0.5, 0.6) is 5.75 Å². The molecule has 0 aliphatic rings. The fourth-order valence-electron chi connectivity index (χ4n) is 3.13. The summed E-state index contributed by atoms with van der Waals surface area (Å²) in [6.07, 6.45) is 4.94. The number of nitrogens with zero attached hydrogens (tertiary/aromatic N) is 3. The van der Waals surface area contributed by atoms with E-state index in [1.165, 1.54) is 31.1 Å². The van der Waals surface area contributed by atoms with Crippen LogP contribution in [-0.4, -0.2) is 34.1 Å². The number of ketones is 1. The van der Waals surface area contributed by atoms with E-state index < -0.39 is 11.6 Å². The first-order chi connectivity index (χ1) is 16.0. The van der Waals surface area contributed by atoms with Crippen molar-refractivity contribution in [2.45, 2.75) is 5.16 Å². The van der Waals surface area contributed by atoms with Crippen LogP contribution in [0.2, 0.25) is 0 Å². The molecule has 166 valence electrons. The van der Waals surface area contributed by atoms with E-state index >= 15 is 0 Å². The zero-order valence-electron chi connectivity index (χ0n) is 17.7. The van der Waals surface area contributed by atoms with Gasteiger partial charge in [0.05, 0.1) is 24.1 Å². The summed E-state index contributed by atoms with van der Waals surface area (Å²) in [5.41, 5.74) is 2.18. The number of benzene rings is 2. The first-order valence-electron chi connectivity index (χ1n) is 9.77. The Morgan fingerprint density at radius 1 is 1.03 bits per heavy atom. The summed E-state index contributed by atoms with van der Waals surface area (Å²) < 4.78 is 32.3. The molecule has 4 rings (SSSR count). The minimum absolute atomic E-state index is 0.0757. The normalized spacial score (nSPS) is 10.7. The molecular weight excluding hydrogens is 446 g/mol. The fraction of sp³-hybridized carbons (Fsp3) is 0.0833. The molecule has 0 radical (unpaired) electrons. The predicted octanol–water partition coefficient (Wildman–Crippen LogP) is 5.52. The van der Waals surface area contributed by atoms with Gasteiger partial charge in [-0.25, -0.2) is 23.7 Å². The average molecular weight is 464 g/mol. The van der Waals surface area contributed by atoms with Crippen LogP contribution in [0.3, 0.4) is 0 Å². The number of hydrogen-bond donors (Lipinski definition) is 1. The van der Waals surface area contributed by atoms with E-state index in [0.717, 1.165) is 17.7 Å². The highest BCUT2D eigenvalue weighted by molar-refractivity contribution is 7.98. The zero-order chi connectivity index (χ0) is 23.4. The molecule has 6 nitrogen and oxygen atoms in total. The maximum Gasteiger partial charge on any atom is 0.198 e. The molecule has 0 spiro atoms. The molecule has 0 saturated heterocycles. The molecule has 2 aromatic carbocycles. The number of carbonyl (C=O) groups is 1. The Morgan fingerprint density at radius 2 is 1.88 bits per heavy atom. The number of anilines is 2. The largest absolute Gasteiger partial charge is 0.496 e. The summed E-state index contributed by atoms with van der Waals surface area (Å²) in [4.78, 5) is 26.1. The van der Waals surface area contributed by atoms with Gasteiger partial charge < -0.3 is 10.1 Å². The molecule has 0 bridgehead atoms. The lowest BCUT2D eigenvalue weighted by atomic mass is 10.00. The topological polar surface area (TPSA) is 77.0 Å². The molecule has 0 atom stereocenters. The Bertz CT molecular complexity index is 1320. The highest BCUT2D eigenvalue weighted by atomic mass is 32.2. The molecule has 0 saturated carbocycles. The number of ether oxygens (including phenoxy) is 1. The van der Waals surface area contributed by atoms with Crippen molar-refractivity contribution in [3.63, 3.8) is 0 Å². The quantitative estimate of drug-likeness (QED) is 0.219. The van der Waals surface area contributed by atoms with Crippen molar-refractivity contribution in [1.82, 2.24) is 15.0 Å². The molecule has 0 fully saturated rings. The molecular formula is C24H18F2N4O2S. The van der Waals surface area contributed by atoms with Crippen LogP contribution in [0.4, 0.5) is 20.3 Å². The van der Waals surface area contributed by atoms with Gasteiger partial charge >= 0.3 is 0 Å². The smallest absolute Gasteiger partial charge is 0.198 e. The molecule has 0 aliphatic carbocycles. The molecule has 1 N–H and O–H groups in total. The molecule has 9 heteroatoms. The van der Waals surface area contributed by atoms with Crippen molar-refractivity contribution in [1.29, 1.82) is 0 Å². The van der Waals surface area contributed by atoms with Crippen LogP contribution in [0, 0.1) is 11.6 Å². The summed E-state index contributed by atoms with van der Waals surface area (Å²) in [6, 6.07) is 13.3.